The molecule has 0 radical (unpaired) electrons. The van der Waals surface area contributed by atoms with Crippen molar-refractivity contribution in [3.8, 4) is 6.07 Å². The van der Waals surface area contributed by atoms with Gasteiger partial charge >= 0.3 is 0 Å². The largest absolute Gasteiger partial charge is 0.198 e. The SMILES string of the molecule is CCCCCC1CCC(c2ccc(CC)cc2)C(C#N)C1. The molecule has 0 aliphatic heterocycles. The lowest BCUT2D eigenvalue weighted by atomic mass is 9.70. The standard InChI is InChI=1S/C20H29N/c1-3-5-6-7-17-10-13-20(19(14-17)15-21)18-11-8-16(4-2)9-12-18/h8-9,11-12,17,19-20H,3-7,10,13-14H2,1-2H3. The molecule has 1 aromatic carbocycles. The van der Waals surface area contributed by atoms with Crippen LogP contribution in [-0.4, -0.2) is 0 Å². The molecule has 0 aromatic heterocycles. The number of hydrogen-bond donors (Lipinski definition) is 0. The molecule has 1 saturated carbocycles. The predicted octanol–water partition coefficient (Wildman–Crippen LogP) is 5.85. The zero-order valence-corrected chi connectivity index (χ0v) is 13.6. The Labute approximate surface area is 130 Å². The minimum absolute atomic E-state index is 0.220. The van der Waals surface area contributed by atoms with Crippen LogP contribution >= 0.6 is 0 Å². The van der Waals surface area contributed by atoms with E-state index in [0.717, 1.165) is 18.8 Å². The van der Waals surface area contributed by atoms with Crippen LogP contribution in [0.4, 0.5) is 0 Å². The molecular formula is C20H29N. The van der Waals surface area contributed by atoms with Gasteiger partial charge in [-0.15, -0.1) is 0 Å². The number of rotatable bonds is 6. The summed E-state index contributed by atoms with van der Waals surface area (Å²) in [5.74, 6) is 1.47. The van der Waals surface area contributed by atoms with Crippen LogP contribution in [0, 0.1) is 23.2 Å². The molecule has 1 aromatic rings. The fourth-order valence-electron chi connectivity index (χ4n) is 3.75. The molecule has 21 heavy (non-hydrogen) atoms. The molecule has 1 aliphatic carbocycles. The molecule has 0 amide bonds. The van der Waals surface area contributed by atoms with Crippen LogP contribution in [-0.2, 0) is 6.42 Å². The maximum Gasteiger partial charge on any atom is 0.0662 e. The van der Waals surface area contributed by atoms with Gasteiger partial charge in [0.15, 0.2) is 0 Å². The van der Waals surface area contributed by atoms with Crippen LogP contribution < -0.4 is 0 Å². The van der Waals surface area contributed by atoms with Crippen molar-refractivity contribution in [2.45, 2.75) is 71.1 Å². The first-order valence-electron chi connectivity index (χ1n) is 8.76. The van der Waals surface area contributed by atoms with E-state index in [1.807, 2.05) is 0 Å². The summed E-state index contributed by atoms with van der Waals surface area (Å²) in [7, 11) is 0. The molecule has 3 unspecified atom stereocenters. The van der Waals surface area contributed by atoms with E-state index in [4.69, 9.17) is 0 Å². The Hall–Kier alpha value is -1.29. The highest BCUT2D eigenvalue weighted by Crippen LogP contribution is 2.41. The highest BCUT2D eigenvalue weighted by Gasteiger charge is 2.31. The normalized spacial score (nSPS) is 25.5. The first-order chi connectivity index (χ1) is 10.3. The van der Waals surface area contributed by atoms with Gasteiger partial charge in [0.2, 0.25) is 0 Å². The molecule has 0 heterocycles. The van der Waals surface area contributed by atoms with Gasteiger partial charge in [0.05, 0.1) is 12.0 Å². The Morgan fingerprint density at radius 2 is 1.86 bits per heavy atom. The van der Waals surface area contributed by atoms with Crippen LogP contribution in [0.5, 0.6) is 0 Å². The number of unbranched alkanes of at least 4 members (excludes halogenated alkanes) is 2. The van der Waals surface area contributed by atoms with Crippen molar-refractivity contribution in [3.05, 3.63) is 35.4 Å². The van der Waals surface area contributed by atoms with Gasteiger partial charge in [-0.05, 0) is 48.6 Å². The molecular weight excluding hydrogens is 254 g/mol. The minimum Gasteiger partial charge on any atom is -0.198 e. The van der Waals surface area contributed by atoms with Crippen molar-refractivity contribution in [3.63, 3.8) is 0 Å². The Bertz CT molecular complexity index is 454. The summed E-state index contributed by atoms with van der Waals surface area (Å²) in [6, 6.07) is 11.6. The summed E-state index contributed by atoms with van der Waals surface area (Å²) in [4.78, 5) is 0. The first-order valence-corrected chi connectivity index (χ1v) is 8.76. The van der Waals surface area contributed by atoms with Gasteiger partial charge in [-0.1, -0.05) is 63.8 Å². The summed E-state index contributed by atoms with van der Waals surface area (Å²) in [6.45, 7) is 4.45. The molecule has 1 aliphatic rings. The second kappa shape index (κ2) is 8.23. The van der Waals surface area contributed by atoms with E-state index in [2.05, 4.69) is 44.2 Å². The van der Waals surface area contributed by atoms with Crippen LogP contribution in [0.3, 0.4) is 0 Å². The highest BCUT2D eigenvalue weighted by atomic mass is 14.4. The van der Waals surface area contributed by atoms with Gasteiger partial charge in [-0.25, -0.2) is 0 Å². The molecule has 0 saturated heterocycles. The third-order valence-corrected chi connectivity index (χ3v) is 5.16. The Kier molecular flexibility index (Phi) is 6.30. The molecule has 1 heteroatoms. The molecule has 2 rings (SSSR count). The Balaban J connectivity index is 1.97. The van der Waals surface area contributed by atoms with Crippen molar-refractivity contribution < 1.29 is 0 Å². The van der Waals surface area contributed by atoms with E-state index in [9.17, 15) is 5.26 Å². The lowest BCUT2D eigenvalue weighted by molar-refractivity contribution is 0.257. The smallest absolute Gasteiger partial charge is 0.0662 e. The number of nitrogens with zero attached hydrogens (tertiary/aromatic N) is 1. The zero-order valence-electron chi connectivity index (χ0n) is 13.6. The van der Waals surface area contributed by atoms with E-state index in [1.165, 1.54) is 49.7 Å². The number of aryl methyl sites for hydroxylation is 1. The maximum atomic E-state index is 9.56. The predicted molar refractivity (Wildman–Crippen MR) is 89.1 cm³/mol. The summed E-state index contributed by atoms with van der Waals surface area (Å²) in [5, 5.41) is 9.56. The first kappa shape index (κ1) is 16.1. The van der Waals surface area contributed by atoms with Crippen molar-refractivity contribution >= 4 is 0 Å². The maximum absolute atomic E-state index is 9.56. The van der Waals surface area contributed by atoms with E-state index in [-0.39, 0.29) is 5.92 Å². The Morgan fingerprint density at radius 3 is 2.48 bits per heavy atom. The second-order valence-corrected chi connectivity index (χ2v) is 6.61. The number of nitriles is 1. The van der Waals surface area contributed by atoms with Crippen LogP contribution in [0.1, 0.15) is 75.8 Å². The van der Waals surface area contributed by atoms with Gasteiger partial charge in [0.25, 0.3) is 0 Å². The summed E-state index contributed by atoms with van der Waals surface area (Å²) in [6.07, 6.45) is 10.0. The molecule has 114 valence electrons. The van der Waals surface area contributed by atoms with Crippen LogP contribution in [0.15, 0.2) is 24.3 Å². The molecule has 0 bridgehead atoms. The summed E-state index contributed by atoms with van der Waals surface area (Å²) < 4.78 is 0. The lowest BCUT2D eigenvalue weighted by Crippen LogP contribution is -2.22. The van der Waals surface area contributed by atoms with E-state index in [0.29, 0.717) is 5.92 Å². The minimum atomic E-state index is 0.220. The highest BCUT2D eigenvalue weighted by molar-refractivity contribution is 5.27. The third-order valence-electron chi connectivity index (χ3n) is 5.16. The average molecular weight is 283 g/mol. The monoisotopic (exact) mass is 283 g/mol. The lowest BCUT2D eigenvalue weighted by Gasteiger charge is -2.33. The number of benzene rings is 1. The van der Waals surface area contributed by atoms with Gasteiger partial charge in [-0.2, -0.15) is 5.26 Å². The summed E-state index contributed by atoms with van der Waals surface area (Å²) >= 11 is 0. The van der Waals surface area contributed by atoms with Crippen LogP contribution in [0.25, 0.3) is 0 Å². The molecule has 0 N–H and O–H groups in total. The third kappa shape index (κ3) is 4.34. The van der Waals surface area contributed by atoms with Gasteiger partial charge in [0, 0.05) is 0 Å². The van der Waals surface area contributed by atoms with Crippen molar-refractivity contribution in [2.24, 2.45) is 11.8 Å². The average Bonchev–Trinajstić information content (AvgIpc) is 2.55. The van der Waals surface area contributed by atoms with Gasteiger partial charge < -0.3 is 0 Å². The quantitative estimate of drug-likeness (QED) is 0.600. The van der Waals surface area contributed by atoms with E-state index >= 15 is 0 Å². The van der Waals surface area contributed by atoms with Gasteiger partial charge in [0.1, 0.15) is 0 Å². The fraction of sp³-hybridized carbons (Fsp3) is 0.650. The fourth-order valence-corrected chi connectivity index (χ4v) is 3.75. The molecule has 1 nitrogen and oxygen atoms in total. The van der Waals surface area contributed by atoms with Crippen molar-refractivity contribution in [1.82, 2.24) is 0 Å². The molecule has 3 atom stereocenters. The van der Waals surface area contributed by atoms with Crippen LogP contribution in [0.2, 0.25) is 0 Å². The Morgan fingerprint density at radius 1 is 1.10 bits per heavy atom. The second-order valence-electron chi connectivity index (χ2n) is 6.61. The van der Waals surface area contributed by atoms with Crippen molar-refractivity contribution in [2.75, 3.05) is 0 Å². The topological polar surface area (TPSA) is 23.8 Å². The number of hydrogen-bond acceptors (Lipinski definition) is 1. The summed E-state index contributed by atoms with van der Waals surface area (Å²) in [5.41, 5.74) is 2.77. The zero-order chi connectivity index (χ0) is 15.1. The molecule has 0 spiro atoms. The molecule has 1 fully saturated rings. The van der Waals surface area contributed by atoms with Crippen molar-refractivity contribution in [1.29, 1.82) is 5.26 Å². The van der Waals surface area contributed by atoms with E-state index < -0.39 is 0 Å². The van der Waals surface area contributed by atoms with Gasteiger partial charge in [-0.3, -0.25) is 0 Å². The van der Waals surface area contributed by atoms with E-state index in [1.54, 1.807) is 0 Å².